The number of nitrogens with zero attached hydrogens (tertiary/aromatic N) is 10. The minimum atomic E-state index is -0.424. The monoisotopic (exact) mass is 1630 g/mol. The Hall–Kier alpha value is -14.4. The van der Waals surface area contributed by atoms with Gasteiger partial charge in [0.05, 0.1) is 43.0 Å². The highest BCUT2D eigenvalue weighted by Gasteiger charge is 2.52. The Morgan fingerprint density at radius 1 is 0.246 bits per heavy atom. The number of furan rings is 2. The van der Waals surface area contributed by atoms with E-state index in [9.17, 15) is 0 Å². The molecule has 0 atom stereocenters. The first-order chi connectivity index (χ1) is 59.8. The lowest BCUT2D eigenvalue weighted by molar-refractivity contribution is 0.00578. The van der Waals surface area contributed by atoms with Gasteiger partial charge < -0.3 is 18.1 Å². The first kappa shape index (κ1) is 75.1. The molecule has 0 bridgehead atoms. The molecule has 0 aliphatic carbocycles. The fourth-order valence-electron chi connectivity index (χ4n) is 15.6. The summed E-state index contributed by atoms with van der Waals surface area (Å²) in [6.07, 6.45) is 0. The average Bonchev–Trinajstić information content (AvgIpc) is 1.60. The van der Waals surface area contributed by atoms with Gasteiger partial charge >= 0.3 is 7.12 Å². The Balaban J connectivity index is 0.000000125. The van der Waals surface area contributed by atoms with Gasteiger partial charge in [-0.15, -0.1) is 22.7 Å². The topological polar surface area (TPSA) is 174 Å². The minimum Gasteiger partial charge on any atom is -0.456 e. The van der Waals surface area contributed by atoms with E-state index in [0.717, 1.165) is 164 Å². The maximum atomic E-state index is 6.47. The zero-order valence-electron chi connectivity index (χ0n) is 66.4. The predicted octanol–water partition coefficient (Wildman–Crippen LogP) is 26.8. The molecule has 14 nitrogen and oxygen atoms in total. The maximum absolute atomic E-state index is 6.47. The lowest BCUT2D eigenvalue weighted by atomic mass is 9.78. The van der Waals surface area contributed by atoms with Crippen LogP contribution >= 0.6 is 34.3 Å². The Labute approximate surface area is 714 Å². The molecule has 14 aromatic carbocycles. The van der Waals surface area contributed by atoms with E-state index < -0.39 is 18.3 Å². The number of fused-ring (bicyclic) bond motifs is 12. The summed E-state index contributed by atoms with van der Waals surface area (Å²) in [7, 11) is -0.424. The Bertz CT molecular complexity index is 7620. The number of hydrogen-bond donors (Lipinski definition) is 0. The Kier molecular flexibility index (Phi) is 19.3. The van der Waals surface area contributed by atoms with Crippen LogP contribution in [-0.4, -0.2) is 68.2 Å². The summed E-state index contributed by atoms with van der Waals surface area (Å²) >= 11 is 9.48. The lowest BCUT2D eigenvalue weighted by Crippen LogP contribution is -2.41. The molecule has 22 aromatic rings. The number of halogens is 1. The zero-order chi connectivity index (χ0) is 82.0. The van der Waals surface area contributed by atoms with Crippen molar-refractivity contribution in [1.82, 2.24) is 49.8 Å². The number of aromatic nitrogens is 10. The van der Waals surface area contributed by atoms with Crippen LogP contribution in [0.25, 0.3) is 209 Å². The van der Waals surface area contributed by atoms with Crippen molar-refractivity contribution in [3.05, 3.63) is 357 Å². The van der Waals surface area contributed by atoms with E-state index >= 15 is 0 Å². The van der Waals surface area contributed by atoms with Crippen LogP contribution in [-0.2, 0) is 9.31 Å². The highest BCUT2D eigenvalue weighted by molar-refractivity contribution is 7.26. The van der Waals surface area contributed by atoms with Crippen LogP contribution in [0.1, 0.15) is 27.7 Å². The molecule has 582 valence electrons. The molecule has 0 spiro atoms. The van der Waals surface area contributed by atoms with Crippen LogP contribution in [0.4, 0.5) is 0 Å². The number of thiophene rings is 2. The van der Waals surface area contributed by atoms with Crippen LogP contribution in [0.2, 0.25) is 5.28 Å². The van der Waals surface area contributed by atoms with Gasteiger partial charge in [-0.3, -0.25) is 0 Å². The van der Waals surface area contributed by atoms with Gasteiger partial charge in [0, 0.05) is 91.8 Å². The van der Waals surface area contributed by atoms with Crippen molar-refractivity contribution in [2.75, 3.05) is 0 Å². The van der Waals surface area contributed by atoms with Crippen molar-refractivity contribution in [2.45, 2.75) is 38.9 Å². The Morgan fingerprint density at radius 2 is 0.566 bits per heavy atom. The first-order valence-corrected chi connectivity index (χ1v) is 42.2. The molecule has 1 fully saturated rings. The van der Waals surface area contributed by atoms with Crippen molar-refractivity contribution >= 4 is 131 Å². The molecule has 1 saturated heterocycles. The van der Waals surface area contributed by atoms with E-state index in [1.165, 1.54) is 9.40 Å². The van der Waals surface area contributed by atoms with Gasteiger partial charge in [0.25, 0.3) is 0 Å². The van der Waals surface area contributed by atoms with Gasteiger partial charge in [0.2, 0.25) is 5.28 Å². The van der Waals surface area contributed by atoms with Crippen molar-refractivity contribution in [2.24, 2.45) is 0 Å². The predicted molar refractivity (Wildman–Crippen MR) is 498 cm³/mol. The number of benzene rings is 14. The lowest BCUT2D eigenvalue weighted by Gasteiger charge is -2.32. The third-order valence-corrected chi connectivity index (χ3v) is 25.1. The highest BCUT2D eigenvalue weighted by Crippen LogP contribution is 2.45. The van der Waals surface area contributed by atoms with Crippen LogP contribution in [0.3, 0.4) is 0 Å². The third kappa shape index (κ3) is 14.5. The van der Waals surface area contributed by atoms with E-state index in [1.54, 1.807) is 22.7 Å². The SMILES string of the molecule is CC1(C)OB(c2ccc3oc4cc(-c5cccc(-c6nc(-c7ccccc7)c7sc8ccccc8c7n6)c5)ccc4c3c2)OC1(C)C.Clc1nc(-c2ccccc2)nc(-c2ccccc2)n1.c1ccc(-c2nc(-c3ccccc3)nc(-c3ccc4oc5cc(-c6cccc(-c7nc(-c8ccccc8)c8sc9ccccc9c8n7)c6)ccc5c4c3)n2)cc1. The standard InChI is InChI=1S/C49H29N5OS.C40H31BN2O3S.C15H10ClN3/c1-4-13-30(14-5-1)43-45-44(38-21-10-11-22-42(38)56-45)51-48(50-43)35-20-12-19-33(27-35)34-23-25-37-39-28-36(24-26-40(39)55-41(37)29-34)49-53-46(31-15-6-2-7-16-31)52-47(54-49)32-17-8-3-9-18-32;1-39(2)40(3,4)46-41(45-39)28-18-20-32-31(23-28)29-19-17-26(22-33(29)44-32)25-13-10-14-27(21-25)38-42-35(24-11-6-5-7-12-24)37-36(43-38)30-15-8-9-16-34(30)47-37;16-15-18-13(11-7-3-1-4-8-11)17-14(19-15)12-9-5-2-6-10-12/h1-29H;5-23H,1-4H3;1-10H. The zero-order valence-corrected chi connectivity index (χ0v) is 68.8. The van der Waals surface area contributed by atoms with E-state index in [-0.39, 0.29) is 5.28 Å². The summed E-state index contributed by atoms with van der Waals surface area (Å²) < 4.78 is 30.1. The molecular weight excluding hydrogens is 1560 g/mol. The van der Waals surface area contributed by atoms with Crippen molar-refractivity contribution in [1.29, 1.82) is 0 Å². The van der Waals surface area contributed by atoms with Gasteiger partial charge in [0.1, 0.15) is 22.3 Å². The molecule has 122 heavy (non-hydrogen) atoms. The van der Waals surface area contributed by atoms with E-state index in [2.05, 4.69) is 237 Å². The molecule has 0 N–H and O–H groups in total. The van der Waals surface area contributed by atoms with Crippen molar-refractivity contribution in [3.8, 4) is 124 Å². The fraction of sp³-hybridized carbons (Fsp3) is 0.0577. The second-order valence-corrected chi connectivity index (χ2v) is 33.4. The molecule has 1 aliphatic rings. The number of hydrogen-bond acceptors (Lipinski definition) is 16. The van der Waals surface area contributed by atoms with E-state index in [4.69, 9.17) is 64.6 Å². The van der Waals surface area contributed by atoms with Gasteiger partial charge in [-0.2, -0.15) is 9.97 Å². The smallest absolute Gasteiger partial charge is 0.456 e. The summed E-state index contributed by atoms with van der Waals surface area (Å²) in [6.45, 7) is 8.30. The van der Waals surface area contributed by atoms with Gasteiger partial charge in [-0.05, 0) is 140 Å². The quantitative estimate of drug-likeness (QED) is 0.106. The molecule has 8 aromatic heterocycles. The van der Waals surface area contributed by atoms with Gasteiger partial charge in [-0.25, -0.2) is 39.9 Å². The molecule has 1 aliphatic heterocycles. The van der Waals surface area contributed by atoms with Crippen LogP contribution in [0.15, 0.2) is 361 Å². The van der Waals surface area contributed by atoms with Crippen molar-refractivity contribution in [3.63, 3.8) is 0 Å². The molecule has 23 rings (SSSR count). The van der Waals surface area contributed by atoms with E-state index in [1.807, 2.05) is 158 Å². The van der Waals surface area contributed by atoms with Crippen LogP contribution in [0, 0.1) is 0 Å². The first-order valence-electron chi connectivity index (χ1n) is 40.2. The molecule has 0 radical (unpaired) electrons. The van der Waals surface area contributed by atoms with Crippen LogP contribution in [0.5, 0.6) is 0 Å². The molecule has 0 amide bonds. The van der Waals surface area contributed by atoms with Gasteiger partial charge in [0.15, 0.2) is 40.8 Å². The summed E-state index contributed by atoms with van der Waals surface area (Å²) in [5, 5.41) is 6.63. The second kappa shape index (κ2) is 31.4. The van der Waals surface area contributed by atoms with Crippen molar-refractivity contribution < 1.29 is 18.1 Å². The molecule has 0 saturated carbocycles. The summed E-state index contributed by atoms with van der Waals surface area (Å²) in [6, 6.07) is 119. The minimum absolute atomic E-state index is 0.202. The normalized spacial score (nSPS) is 13.0. The average molecular weight is 1630 g/mol. The third-order valence-electron chi connectivity index (χ3n) is 22.6. The maximum Gasteiger partial charge on any atom is 0.494 e. The molecular formula is C104H70BClN10O4S2. The Morgan fingerprint density at radius 3 is 0.992 bits per heavy atom. The molecule has 0 unspecified atom stereocenters. The van der Waals surface area contributed by atoms with E-state index in [0.29, 0.717) is 40.8 Å². The molecule has 9 heterocycles. The highest BCUT2D eigenvalue weighted by atomic mass is 35.5. The number of rotatable bonds is 12. The van der Waals surface area contributed by atoms with Gasteiger partial charge in [-0.1, -0.05) is 279 Å². The second-order valence-electron chi connectivity index (χ2n) is 30.9. The largest absolute Gasteiger partial charge is 0.494 e. The van der Waals surface area contributed by atoms with Crippen LogP contribution < -0.4 is 5.46 Å². The molecule has 18 heteroatoms. The summed E-state index contributed by atoms with van der Waals surface area (Å²) in [5.41, 5.74) is 20.3. The fourth-order valence-corrected chi connectivity index (χ4v) is 18.1. The summed E-state index contributed by atoms with van der Waals surface area (Å²) in [5.74, 6) is 4.44. The summed E-state index contributed by atoms with van der Waals surface area (Å²) in [4.78, 5) is 48.3.